The Morgan fingerprint density at radius 1 is 0.920 bits per heavy atom. The Hall–Kier alpha value is -3.55. The third kappa shape index (κ3) is 2.74. The van der Waals surface area contributed by atoms with Crippen molar-refractivity contribution in [3.63, 3.8) is 0 Å². The molecule has 25 heavy (non-hydrogen) atoms. The molecule has 3 aromatic rings. The molecule has 126 valence electrons. The van der Waals surface area contributed by atoms with Gasteiger partial charge in [0.2, 0.25) is 0 Å². The van der Waals surface area contributed by atoms with Crippen LogP contribution in [0.4, 0.5) is 11.4 Å². The van der Waals surface area contributed by atoms with Gasteiger partial charge in [0.25, 0.3) is 0 Å². The van der Waals surface area contributed by atoms with Crippen molar-refractivity contribution in [3.05, 3.63) is 56.4 Å². The smallest absolute Gasteiger partial charge is 0.195 e. The van der Waals surface area contributed by atoms with E-state index in [4.69, 9.17) is 13.9 Å². The Bertz CT molecular complexity index is 1020. The fraction of sp³-hybridized carbons (Fsp3) is 0.118. The quantitative estimate of drug-likeness (QED) is 0.642. The van der Waals surface area contributed by atoms with E-state index in [0.717, 1.165) is 0 Å². The molecule has 1 aromatic heterocycles. The molecule has 0 N–H and O–H groups in total. The predicted molar refractivity (Wildman–Crippen MR) is 91.9 cm³/mol. The average Bonchev–Trinajstić information content (AvgIpc) is 2.66. The number of ether oxygens (including phenoxy) is 2. The van der Waals surface area contributed by atoms with Crippen LogP contribution in [0.15, 0.2) is 56.0 Å². The van der Waals surface area contributed by atoms with Gasteiger partial charge in [0.1, 0.15) is 17.1 Å². The first-order valence-corrected chi connectivity index (χ1v) is 7.13. The Kier molecular flexibility index (Phi) is 4.25. The highest BCUT2D eigenvalue weighted by atomic mass is 16.5. The van der Waals surface area contributed by atoms with Gasteiger partial charge in [-0.15, -0.1) is 9.81 Å². The largest absolute Gasteiger partial charge is 0.497 e. The van der Waals surface area contributed by atoms with Crippen LogP contribution in [-0.2, 0) is 0 Å². The van der Waals surface area contributed by atoms with Gasteiger partial charge in [-0.25, -0.2) is 0 Å². The molecule has 0 radical (unpaired) electrons. The zero-order valence-corrected chi connectivity index (χ0v) is 13.3. The molecule has 8 heteroatoms. The molecular formula is C17H12N2O6. The van der Waals surface area contributed by atoms with Crippen molar-refractivity contribution in [3.8, 4) is 22.8 Å². The maximum atomic E-state index is 12.5. The van der Waals surface area contributed by atoms with Crippen LogP contribution in [-0.4, -0.2) is 14.2 Å². The Morgan fingerprint density at radius 3 is 2.16 bits per heavy atom. The molecule has 0 saturated heterocycles. The van der Waals surface area contributed by atoms with E-state index in [-0.39, 0.29) is 28.2 Å². The number of fused-ring (bicyclic) bond motifs is 1. The van der Waals surface area contributed by atoms with Gasteiger partial charge in [0.05, 0.1) is 19.6 Å². The van der Waals surface area contributed by atoms with Crippen LogP contribution >= 0.6 is 0 Å². The van der Waals surface area contributed by atoms with Crippen LogP contribution < -0.4 is 14.9 Å². The van der Waals surface area contributed by atoms with Gasteiger partial charge in [-0.1, -0.05) is 0 Å². The zero-order chi connectivity index (χ0) is 18.0. The number of methoxy groups -OCH3 is 2. The minimum Gasteiger partial charge on any atom is -0.497 e. The molecule has 0 atom stereocenters. The number of benzene rings is 2. The van der Waals surface area contributed by atoms with Crippen molar-refractivity contribution < 1.29 is 13.9 Å². The Labute approximate surface area is 140 Å². The third-order valence-electron chi connectivity index (χ3n) is 3.71. The van der Waals surface area contributed by atoms with E-state index in [1.54, 1.807) is 31.4 Å². The van der Waals surface area contributed by atoms with Crippen LogP contribution in [0.1, 0.15) is 0 Å². The van der Waals surface area contributed by atoms with Crippen molar-refractivity contribution in [1.82, 2.24) is 0 Å². The van der Waals surface area contributed by atoms with Crippen LogP contribution in [0, 0.1) is 9.81 Å². The van der Waals surface area contributed by atoms with Gasteiger partial charge in [-0.2, -0.15) is 0 Å². The van der Waals surface area contributed by atoms with Gasteiger partial charge in [-0.05, 0) is 34.6 Å². The van der Waals surface area contributed by atoms with E-state index in [9.17, 15) is 14.6 Å². The van der Waals surface area contributed by atoms with E-state index in [2.05, 4.69) is 10.4 Å². The zero-order valence-electron chi connectivity index (χ0n) is 13.3. The van der Waals surface area contributed by atoms with Crippen molar-refractivity contribution >= 4 is 22.3 Å². The summed E-state index contributed by atoms with van der Waals surface area (Å²) in [6.45, 7) is 0. The average molecular weight is 340 g/mol. The summed E-state index contributed by atoms with van der Waals surface area (Å²) in [6, 6.07) is 9.44. The minimum absolute atomic E-state index is 0.00729. The summed E-state index contributed by atoms with van der Waals surface area (Å²) < 4.78 is 15.8. The van der Waals surface area contributed by atoms with Crippen molar-refractivity contribution in [1.29, 1.82) is 0 Å². The van der Waals surface area contributed by atoms with E-state index in [1.807, 2.05) is 0 Å². The summed E-state index contributed by atoms with van der Waals surface area (Å²) in [5.74, 6) is 0.931. The number of rotatable bonds is 5. The van der Waals surface area contributed by atoms with Crippen LogP contribution in [0.5, 0.6) is 11.5 Å². The Morgan fingerprint density at radius 2 is 1.60 bits per heavy atom. The first kappa shape index (κ1) is 16.3. The van der Waals surface area contributed by atoms with Crippen molar-refractivity contribution in [2.75, 3.05) is 14.2 Å². The molecular weight excluding hydrogens is 328 g/mol. The second kappa shape index (κ2) is 6.52. The molecule has 0 fully saturated rings. The third-order valence-corrected chi connectivity index (χ3v) is 3.71. The maximum Gasteiger partial charge on any atom is 0.195 e. The molecule has 0 saturated carbocycles. The molecule has 0 unspecified atom stereocenters. The van der Waals surface area contributed by atoms with E-state index >= 15 is 0 Å². The first-order valence-electron chi connectivity index (χ1n) is 7.13. The normalized spacial score (nSPS) is 10.5. The molecule has 1 heterocycles. The number of hydrogen-bond acceptors (Lipinski definition) is 8. The lowest BCUT2D eigenvalue weighted by Gasteiger charge is -2.08. The van der Waals surface area contributed by atoms with Crippen LogP contribution in [0.3, 0.4) is 0 Å². The number of nitrogens with zero attached hydrogens (tertiary/aromatic N) is 2. The monoisotopic (exact) mass is 340 g/mol. The summed E-state index contributed by atoms with van der Waals surface area (Å²) in [6.07, 6.45) is 0. The molecule has 3 rings (SSSR count). The Balaban J connectivity index is 2.30. The van der Waals surface area contributed by atoms with E-state index in [1.165, 1.54) is 19.2 Å². The molecule has 2 aromatic carbocycles. The fourth-order valence-corrected chi connectivity index (χ4v) is 2.50. The second-order valence-electron chi connectivity index (χ2n) is 5.04. The minimum atomic E-state index is -0.519. The van der Waals surface area contributed by atoms with Gasteiger partial charge in [0.15, 0.2) is 22.6 Å². The van der Waals surface area contributed by atoms with Gasteiger partial charge >= 0.3 is 0 Å². The summed E-state index contributed by atoms with van der Waals surface area (Å²) in [7, 11) is 2.85. The molecule has 0 aliphatic heterocycles. The molecule has 8 nitrogen and oxygen atoms in total. The van der Waals surface area contributed by atoms with Crippen molar-refractivity contribution in [2.24, 2.45) is 10.4 Å². The van der Waals surface area contributed by atoms with Gasteiger partial charge in [-0.3, -0.25) is 4.79 Å². The number of nitroso groups, excluding NO2 is 2. The van der Waals surface area contributed by atoms with Crippen LogP contribution in [0.25, 0.3) is 22.3 Å². The highest BCUT2D eigenvalue weighted by Gasteiger charge is 2.21. The highest BCUT2D eigenvalue weighted by Crippen LogP contribution is 2.43. The van der Waals surface area contributed by atoms with Gasteiger partial charge in [0, 0.05) is 17.7 Å². The first-order chi connectivity index (χ1) is 12.1. The maximum absolute atomic E-state index is 12.5. The second-order valence-corrected chi connectivity index (χ2v) is 5.04. The predicted octanol–water partition coefficient (Wildman–Crippen LogP) is 4.27. The SMILES string of the molecule is COc1ccc(-c2cc(=O)c3c(N=O)c(N=O)c(OC)cc3o2)cc1. The highest BCUT2D eigenvalue weighted by molar-refractivity contribution is 5.98. The van der Waals surface area contributed by atoms with Gasteiger partial charge < -0.3 is 13.9 Å². The molecule has 0 bridgehead atoms. The fourth-order valence-electron chi connectivity index (χ4n) is 2.50. The summed E-state index contributed by atoms with van der Waals surface area (Å²) in [5, 5.41) is 5.38. The summed E-state index contributed by atoms with van der Waals surface area (Å²) >= 11 is 0. The summed E-state index contributed by atoms with van der Waals surface area (Å²) in [5.41, 5.74) is -0.558. The number of hydrogen-bond donors (Lipinski definition) is 0. The van der Waals surface area contributed by atoms with E-state index < -0.39 is 11.1 Å². The summed E-state index contributed by atoms with van der Waals surface area (Å²) in [4.78, 5) is 34.6. The van der Waals surface area contributed by atoms with Crippen LogP contribution in [0.2, 0.25) is 0 Å². The molecule has 0 aliphatic rings. The molecule has 0 aliphatic carbocycles. The van der Waals surface area contributed by atoms with E-state index in [0.29, 0.717) is 11.3 Å². The van der Waals surface area contributed by atoms with Crippen molar-refractivity contribution in [2.45, 2.75) is 0 Å². The molecule has 0 spiro atoms. The lowest BCUT2D eigenvalue weighted by Crippen LogP contribution is -2.01. The topological polar surface area (TPSA) is 108 Å². The standard InChI is InChI=1S/C17H12N2O6/c1-23-10-5-3-9(4-6-10)12-7-11(20)15-13(25-12)8-14(24-2)16(18-21)17(15)19-22/h3-8H,1-2H3. The molecule has 0 amide bonds. The lowest BCUT2D eigenvalue weighted by molar-refractivity contribution is 0.415. The lowest BCUT2D eigenvalue weighted by atomic mass is 10.1.